The minimum atomic E-state index is -0.845. The van der Waals surface area contributed by atoms with Crippen LogP contribution < -0.4 is 5.73 Å². The molecule has 2 aliphatic rings. The number of nitrogens with two attached hydrogens (primary N) is 1. The lowest BCUT2D eigenvalue weighted by molar-refractivity contribution is 0.153. The molecule has 2 aromatic heterocycles. The number of nitrogen functional groups attached to an aromatic ring is 1. The van der Waals surface area contributed by atoms with Gasteiger partial charge in [-0.2, -0.15) is 5.10 Å². The molecule has 1 amide bonds. The number of rotatable bonds is 1. The first-order chi connectivity index (χ1) is 10.6. The van der Waals surface area contributed by atoms with Crippen LogP contribution in [0.2, 0.25) is 0 Å². The highest BCUT2D eigenvalue weighted by molar-refractivity contribution is 5.66. The van der Waals surface area contributed by atoms with Crippen molar-refractivity contribution in [3.05, 3.63) is 24.2 Å². The number of likely N-dealkylation sites (tertiary alicyclic amines) is 1. The lowest BCUT2D eigenvalue weighted by Crippen LogP contribution is -2.32. The number of carboxylic acid groups (broad SMARTS) is 1. The first-order valence-electron chi connectivity index (χ1n) is 7.21. The minimum Gasteiger partial charge on any atom is -0.465 e. The van der Waals surface area contributed by atoms with Crippen LogP contribution in [0.3, 0.4) is 0 Å². The number of aryl methyl sites for hydroxylation is 1. The monoisotopic (exact) mass is 300 g/mol. The van der Waals surface area contributed by atoms with E-state index in [-0.39, 0.29) is 11.4 Å². The van der Waals surface area contributed by atoms with Gasteiger partial charge in [-0.3, -0.25) is 4.68 Å². The highest BCUT2D eigenvalue weighted by Gasteiger charge is 2.46. The molecular formula is C14H16N6O2. The van der Waals surface area contributed by atoms with E-state index < -0.39 is 6.09 Å². The SMILES string of the molecule is Nc1ncc(-c2cc3n(n2)CC[C@]32CCN(C(=O)O)C2)cn1. The Morgan fingerprint density at radius 2 is 2.00 bits per heavy atom. The van der Waals surface area contributed by atoms with E-state index >= 15 is 0 Å². The Balaban J connectivity index is 1.68. The summed E-state index contributed by atoms with van der Waals surface area (Å²) < 4.78 is 1.98. The predicted octanol–water partition coefficient (Wildman–Crippen LogP) is 0.947. The lowest BCUT2D eigenvalue weighted by atomic mass is 9.82. The molecule has 1 atom stereocenters. The van der Waals surface area contributed by atoms with Crippen LogP contribution in [0, 0.1) is 0 Å². The van der Waals surface area contributed by atoms with Crippen molar-refractivity contribution in [3.63, 3.8) is 0 Å². The summed E-state index contributed by atoms with van der Waals surface area (Å²) in [4.78, 5) is 20.7. The van der Waals surface area contributed by atoms with Crippen LogP contribution in [-0.2, 0) is 12.0 Å². The predicted molar refractivity (Wildman–Crippen MR) is 78.2 cm³/mol. The molecule has 1 fully saturated rings. The van der Waals surface area contributed by atoms with E-state index in [1.54, 1.807) is 12.4 Å². The average molecular weight is 300 g/mol. The molecule has 1 saturated heterocycles. The van der Waals surface area contributed by atoms with Gasteiger partial charge in [0, 0.05) is 48.7 Å². The Labute approximate surface area is 126 Å². The van der Waals surface area contributed by atoms with E-state index in [9.17, 15) is 9.90 Å². The Morgan fingerprint density at radius 1 is 1.27 bits per heavy atom. The number of amides is 1. The van der Waals surface area contributed by atoms with Crippen LogP contribution in [0.5, 0.6) is 0 Å². The summed E-state index contributed by atoms with van der Waals surface area (Å²) in [6.07, 6.45) is 4.26. The summed E-state index contributed by atoms with van der Waals surface area (Å²) >= 11 is 0. The number of aromatic nitrogens is 4. The molecule has 114 valence electrons. The number of hydrogen-bond donors (Lipinski definition) is 2. The third kappa shape index (κ3) is 1.83. The van der Waals surface area contributed by atoms with Crippen molar-refractivity contribution in [2.24, 2.45) is 0 Å². The molecule has 0 aromatic carbocycles. The molecule has 4 rings (SSSR count). The van der Waals surface area contributed by atoms with Gasteiger partial charge >= 0.3 is 6.09 Å². The van der Waals surface area contributed by atoms with Crippen LogP contribution in [-0.4, -0.2) is 48.9 Å². The third-order valence-corrected chi connectivity index (χ3v) is 4.72. The fraction of sp³-hybridized carbons (Fsp3) is 0.429. The molecule has 0 radical (unpaired) electrons. The number of anilines is 1. The summed E-state index contributed by atoms with van der Waals surface area (Å²) in [5, 5.41) is 13.8. The maximum absolute atomic E-state index is 11.2. The van der Waals surface area contributed by atoms with Gasteiger partial charge in [0.2, 0.25) is 5.95 Å². The van der Waals surface area contributed by atoms with Gasteiger partial charge in [0.25, 0.3) is 0 Å². The summed E-state index contributed by atoms with van der Waals surface area (Å²) in [5.74, 6) is 0.236. The van der Waals surface area contributed by atoms with Crippen molar-refractivity contribution in [2.45, 2.75) is 24.8 Å². The fourth-order valence-electron chi connectivity index (χ4n) is 3.52. The Bertz CT molecular complexity index is 740. The van der Waals surface area contributed by atoms with E-state index in [1.165, 1.54) is 4.90 Å². The van der Waals surface area contributed by atoms with Crippen LogP contribution in [0.25, 0.3) is 11.3 Å². The quantitative estimate of drug-likeness (QED) is 0.811. The first-order valence-corrected chi connectivity index (χ1v) is 7.21. The molecule has 8 nitrogen and oxygen atoms in total. The van der Waals surface area contributed by atoms with Gasteiger partial charge in [-0.1, -0.05) is 0 Å². The minimum absolute atomic E-state index is 0.0989. The van der Waals surface area contributed by atoms with Gasteiger partial charge in [0.15, 0.2) is 0 Å². The normalized spacial score (nSPS) is 23.2. The zero-order valence-corrected chi connectivity index (χ0v) is 11.9. The summed E-state index contributed by atoms with van der Waals surface area (Å²) in [6, 6.07) is 2.03. The second kappa shape index (κ2) is 4.43. The Kier molecular flexibility index (Phi) is 2.63. The summed E-state index contributed by atoms with van der Waals surface area (Å²) in [5.41, 5.74) is 8.15. The molecule has 2 aromatic rings. The van der Waals surface area contributed by atoms with E-state index in [0.29, 0.717) is 13.1 Å². The maximum Gasteiger partial charge on any atom is 0.407 e. The number of hydrogen-bond acceptors (Lipinski definition) is 5. The number of carbonyl (C=O) groups is 1. The second-order valence-corrected chi connectivity index (χ2v) is 5.95. The molecule has 0 bridgehead atoms. The van der Waals surface area contributed by atoms with Crippen molar-refractivity contribution < 1.29 is 9.90 Å². The van der Waals surface area contributed by atoms with Crippen molar-refractivity contribution in [1.29, 1.82) is 0 Å². The van der Waals surface area contributed by atoms with Crippen LogP contribution in [0.15, 0.2) is 18.5 Å². The summed E-state index contributed by atoms with van der Waals surface area (Å²) in [6.45, 7) is 1.95. The van der Waals surface area contributed by atoms with Gasteiger partial charge in [0.1, 0.15) is 0 Å². The zero-order chi connectivity index (χ0) is 15.3. The van der Waals surface area contributed by atoms with Gasteiger partial charge in [-0.15, -0.1) is 0 Å². The number of nitrogens with zero attached hydrogens (tertiary/aromatic N) is 5. The smallest absolute Gasteiger partial charge is 0.407 e. The molecule has 8 heteroatoms. The van der Waals surface area contributed by atoms with E-state index in [0.717, 1.165) is 36.3 Å². The van der Waals surface area contributed by atoms with E-state index in [4.69, 9.17) is 5.73 Å². The fourth-order valence-corrected chi connectivity index (χ4v) is 3.52. The standard InChI is InChI=1S/C14H16N6O2/c15-12-16-6-9(7-17-12)10-5-11-14(2-4-20(11)18-10)1-3-19(8-14)13(21)22/h5-7H,1-4,8H2,(H,21,22)(H2,15,16,17)/t14-/m0/s1. The molecule has 2 aliphatic heterocycles. The van der Waals surface area contributed by atoms with Gasteiger partial charge in [0.05, 0.1) is 5.69 Å². The Hall–Kier alpha value is -2.64. The molecular weight excluding hydrogens is 284 g/mol. The second-order valence-electron chi connectivity index (χ2n) is 5.95. The highest BCUT2D eigenvalue weighted by atomic mass is 16.4. The van der Waals surface area contributed by atoms with Gasteiger partial charge in [-0.25, -0.2) is 14.8 Å². The van der Waals surface area contributed by atoms with Crippen LogP contribution >= 0.6 is 0 Å². The summed E-state index contributed by atoms with van der Waals surface area (Å²) in [7, 11) is 0. The van der Waals surface area contributed by atoms with E-state index in [2.05, 4.69) is 15.1 Å². The molecule has 0 aliphatic carbocycles. The molecule has 0 unspecified atom stereocenters. The molecule has 0 saturated carbocycles. The van der Waals surface area contributed by atoms with Crippen molar-refractivity contribution in [3.8, 4) is 11.3 Å². The van der Waals surface area contributed by atoms with Gasteiger partial charge < -0.3 is 15.7 Å². The molecule has 22 heavy (non-hydrogen) atoms. The van der Waals surface area contributed by atoms with Gasteiger partial charge in [-0.05, 0) is 18.9 Å². The maximum atomic E-state index is 11.2. The molecule has 3 N–H and O–H groups in total. The first kappa shape index (κ1) is 13.1. The average Bonchev–Trinajstić information content (AvgIpc) is 3.18. The molecule has 1 spiro atoms. The zero-order valence-electron chi connectivity index (χ0n) is 11.9. The van der Waals surface area contributed by atoms with Crippen molar-refractivity contribution >= 4 is 12.0 Å². The van der Waals surface area contributed by atoms with E-state index in [1.807, 2.05) is 10.7 Å². The lowest BCUT2D eigenvalue weighted by Gasteiger charge is -2.21. The van der Waals surface area contributed by atoms with Crippen molar-refractivity contribution in [2.75, 3.05) is 18.8 Å². The largest absolute Gasteiger partial charge is 0.465 e. The number of fused-ring (bicyclic) bond motifs is 2. The topological polar surface area (TPSA) is 110 Å². The van der Waals surface area contributed by atoms with Crippen molar-refractivity contribution in [1.82, 2.24) is 24.6 Å². The highest BCUT2D eigenvalue weighted by Crippen LogP contribution is 2.43. The third-order valence-electron chi connectivity index (χ3n) is 4.72. The van der Waals surface area contributed by atoms with Crippen LogP contribution in [0.4, 0.5) is 10.7 Å². The van der Waals surface area contributed by atoms with Crippen LogP contribution in [0.1, 0.15) is 18.5 Å². The molecule has 4 heterocycles. The Morgan fingerprint density at radius 3 is 2.68 bits per heavy atom.